The van der Waals surface area contributed by atoms with Gasteiger partial charge in [-0.25, -0.2) is 22.6 Å². The normalized spacial score (nSPS) is 16.1. The first kappa shape index (κ1) is 23.9. The number of carbonyl (C=O) groups excluding carboxylic acids is 1. The zero-order chi connectivity index (χ0) is 23.1. The van der Waals surface area contributed by atoms with E-state index in [0.29, 0.717) is 25.4 Å². The summed E-state index contributed by atoms with van der Waals surface area (Å²) in [5.74, 6) is -1.09. The highest BCUT2D eigenvalue weighted by Gasteiger charge is 2.28. The Morgan fingerprint density at radius 3 is 2.88 bits per heavy atom. The summed E-state index contributed by atoms with van der Waals surface area (Å²) < 4.78 is 47.8. The number of hydrogen-bond donors (Lipinski definition) is 1. The average Bonchev–Trinajstić information content (AvgIpc) is 3.40. The van der Waals surface area contributed by atoms with Gasteiger partial charge >= 0.3 is 6.03 Å². The Bertz CT molecular complexity index is 1050. The molecule has 174 valence electrons. The molecule has 0 bridgehead atoms. The molecule has 1 saturated heterocycles. The Labute approximate surface area is 188 Å². The predicted molar refractivity (Wildman–Crippen MR) is 118 cm³/mol. The first-order valence-electron chi connectivity index (χ1n) is 10.6. The van der Waals surface area contributed by atoms with Crippen LogP contribution in [-0.4, -0.2) is 54.7 Å². The summed E-state index contributed by atoms with van der Waals surface area (Å²) in [6, 6.07) is 5.50. The molecule has 2 amide bonds. The molecule has 2 heterocycles. The van der Waals surface area contributed by atoms with Crippen LogP contribution in [0.2, 0.25) is 0 Å². The van der Waals surface area contributed by atoms with E-state index in [9.17, 15) is 17.6 Å². The Morgan fingerprint density at radius 1 is 1.44 bits per heavy atom. The Hall–Kier alpha value is -2.72. The first-order chi connectivity index (χ1) is 15.4. The van der Waals surface area contributed by atoms with E-state index >= 15 is 0 Å². The molecule has 1 N–H and O–H groups in total. The van der Waals surface area contributed by atoms with Gasteiger partial charge in [0.25, 0.3) is 0 Å². The lowest BCUT2D eigenvalue weighted by Crippen LogP contribution is -2.40. The molecule has 1 aliphatic heterocycles. The molecule has 1 atom stereocenters. The maximum absolute atomic E-state index is 14.1. The van der Waals surface area contributed by atoms with Gasteiger partial charge in [-0.2, -0.15) is 0 Å². The van der Waals surface area contributed by atoms with Gasteiger partial charge in [-0.3, -0.25) is 0 Å². The number of aromatic nitrogens is 2. The van der Waals surface area contributed by atoms with E-state index in [1.54, 1.807) is 16.7 Å². The molecule has 8 nitrogen and oxygen atoms in total. The molecule has 2 aromatic rings. The summed E-state index contributed by atoms with van der Waals surface area (Å²) in [6.07, 6.45) is 4.61. The van der Waals surface area contributed by atoms with Crippen LogP contribution in [0.25, 0.3) is 0 Å². The van der Waals surface area contributed by atoms with Crippen LogP contribution >= 0.6 is 0 Å². The second kappa shape index (κ2) is 10.7. The fraction of sp³-hybridized carbons (Fsp3) is 0.455. The van der Waals surface area contributed by atoms with E-state index < -0.39 is 21.4 Å². The van der Waals surface area contributed by atoms with Crippen molar-refractivity contribution >= 4 is 15.9 Å². The molecule has 1 aromatic carbocycles. The lowest BCUT2D eigenvalue weighted by atomic mass is 10.2. The summed E-state index contributed by atoms with van der Waals surface area (Å²) in [5.41, 5.74) is 0.636. The van der Waals surface area contributed by atoms with Crippen LogP contribution in [-0.2, 0) is 33.4 Å². The van der Waals surface area contributed by atoms with Crippen molar-refractivity contribution in [2.24, 2.45) is 0 Å². The molecular formula is C22H29FN4O4S. The van der Waals surface area contributed by atoms with Crippen molar-refractivity contribution in [1.82, 2.24) is 19.8 Å². The Kier molecular flexibility index (Phi) is 8.03. The van der Waals surface area contributed by atoms with Crippen LogP contribution in [0.1, 0.15) is 31.0 Å². The topological polar surface area (TPSA) is 93.5 Å². The van der Waals surface area contributed by atoms with E-state index in [1.807, 2.05) is 6.92 Å². The highest BCUT2D eigenvalue weighted by molar-refractivity contribution is 7.90. The van der Waals surface area contributed by atoms with Gasteiger partial charge in [0.1, 0.15) is 5.82 Å². The second-order valence-corrected chi connectivity index (χ2v) is 9.52. The second-order valence-electron chi connectivity index (χ2n) is 7.63. The molecule has 1 aliphatic rings. The number of benzene rings is 1. The molecule has 10 heteroatoms. The minimum Gasteiger partial charge on any atom is -0.376 e. The number of nitrogens with one attached hydrogen (secondary N) is 1. The molecule has 0 spiro atoms. The minimum atomic E-state index is -3.95. The highest BCUT2D eigenvalue weighted by atomic mass is 32.2. The molecule has 0 saturated carbocycles. The fourth-order valence-corrected chi connectivity index (χ4v) is 5.19. The third-order valence-electron chi connectivity index (χ3n) is 5.21. The summed E-state index contributed by atoms with van der Waals surface area (Å²) >= 11 is 0. The maximum Gasteiger partial charge on any atom is 0.318 e. The quantitative estimate of drug-likeness (QED) is 0.546. The number of imidazole rings is 1. The molecular weight excluding hydrogens is 435 g/mol. The standard InChI is InChI=1S/C22H29FN4O4S/c1-3-11-26(21(28)24-4-2)14-18-13-25-22(27(18)15-19-9-7-12-31-19)32(29,30)16-17-8-5-6-10-20(17)23/h3,5-6,8,10,13,19H,1,4,7,9,11-12,14-16H2,2H3,(H,24,28)/t19-/m1/s1. The third kappa shape index (κ3) is 5.74. The number of carbonyl (C=O) groups is 1. The van der Waals surface area contributed by atoms with Crippen molar-refractivity contribution in [3.63, 3.8) is 0 Å². The Morgan fingerprint density at radius 2 is 2.22 bits per heavy atom. The number of hydrogen-bond acceptors (Lipinski definition) is 5. The molecule has 0 unspecified atom stereocenters. The molecule has 0 radical (unpaired) electrons. The monoisotopic (exact) mass is 464 g/mol. The van der Waals surface area contributed by atoms with Gasteiger partial charge in [0.2, 0.25) is 15.0 Å². The zero-order valence-corrected chi connectivity index (χ0v) is 19.0. The van der Waals surface area contributed by atoms with Gasteiger partial charge in [0.05, 0.1) is 36.8 Å². The van der Waals surface area contributed by atoms with Crippen LogP contribution in [0, 0.1) is 5.82 Å². The van der Waals surface area contributed by atoms with E-state index in [-0.39, 0.29) is 35.9 Å². The van der Waals surface area contributed by atoms with Crippen molar-refractivity contribution in [3.05, 3.63) is 60.2 Å². The van der Waals surface area contributed by atoms with Crippen LogP contribution in [0.5, 0.6) is 0 Å². The smallest absolute Gasteiger partial charge is 0.318 e. The number of sulfone groups is 1. The number of ether oxygens (including phenoxy) is 1. The first-order valence-corrected chi connectivity index (χ1v) is 12.3. The summed E-state index contributed by atoms with van der Waals surface area (Å²) in [6.45, 7) is 7.32. The van der Waals surface area contributed by atoms with Crippen molar-refractivity contribution in [3.8, 4) is 0 Å². The number of urea groups is 1. The average molecular weight is 465 g/mol. The van der Waals surface area contributed by atoms with Crippen LogP contribution in [0.4, 0.5) is 9.18 Å². The van der Waals surface area contributed by atoms with Gasteiger partial charge in [0, 0.05) is 25.3 Å². The third-order valence-corrected chi connectivity index (χ3v) is 6.78. The summed E-state index contributed by atoms with van der Waals surface area (Å²) in [4.78, 5) is 18.1. The van der Waals surface area contributed by atoms with Crippen molar-refractivity contribution in [2.75, 3.05) is 19.7 Å². The van der Waals surface area contributed by atoms with E-state index in [1.165, 1.54) is 29.3 Å². The van der Waals surface area contributed by atoms with Gasteiger partial charge < -0.3 is 19.5 Å². The lowest BCUT2D eigenvalue weighted by molar-refractivity contribution is 0.0935. The predicted octanol–water partition coefficient (Wildman–Crippen LogP) is 2.89. The van der Waals surface area contributed by atoms with Gasteiger partial charge in [-0.15, -0.1) is 6.58 Å². The molecule has 32 heavy (non-hydrogen) atoms. The Balaban J connectivity index is 1.95. The van der Waals surface area contributed by atoms with Gasteiger partial charge in [-0.05, 0) is 25.8 Å². The van der Waals surface area contributed by atoms with Gasteiger partial charge in [-0.1, -0.05) is 24.3 Å². The SMILES string of the molecule is C=CCN(Cc1cnc(S(=O)(=O)Cc2ccccc2F)n1C[C@H]1CCCO1)C(=O)NCC. The maximum atomic E-state index is 14.1. The zero-order valence-electron chi connectivity index (χ0n) is 18.2. The number of amides is 2. The largest absolute Gasteiger partial charge is 0.376 e. The van der Waals surface area contributed by atoms with E-state index in [4.69, 9.17) is 4.74 Å². The summed E-state index contributed by atoms with van der Waals surface area (Å²) in [7, 11) is -3.95. The van der Waals surface area contributed by atoms with E-state index in [2.05, 4.69) is 16.9 Å². The molecule has 1 aromatic heterocycles. The van der Waals surface area contributed by atoms with Crippen molar-refractivity contribution in [2.45, 2.75) is 49.9 Å². The fourth-order valence-electron chi connectivity index (χ4n) is 3.67. The number of rotatable bonds is 10. The summed E-state index contributed by atoms with van der Waals surface area (Å²) in [5, 5.41) is 2.59. The number of nitrogens with zero attached hydrogens (tertiary/aromatic N) is 3. The van der Waals surface area contributed by atoms with Crippen LogP contribution < -0.4 is 5.32 Å². The van der Waals surface area contributed by atoms with Crippen molar-refractivity contribution < 1.29 is 22.3 Å². The van der Waals surface area contributed by atoms with Crippen molar-refractivity contribution in [1.29, 1.82) is 0 Å². The molecule has 1 fully saturated rings. The number of halogens is 1. The van der Waals surface area contributed by atoms with Gasteiger partial charge in [0.15, 0.2) is 0 Å². The highest BCUT2D eigenvalue weighted by Crippen LogP contribution is 2.23. The molecule has 0 aliphatic carbocycles. The lowest BCUT2D eigenvalue weighted by Gasteiger charge is -2.23. The van der Waals surface area contributed by atoms with Crippen LogP contribution in [0.15, 0.2) is 48.3 Å². The molecule has 3 rings (SSSR count). The minimum absolute atomic E-state index is 0.0799. The van der Waals surface area contributed by atoms with E-state index in [0.717, 1.165) is 12.8 Å². The van der Waals surface area contributed by atoms with Crippen LogP contribution in [0.3, 0.4) is 0 Å².